The molecule has 0 bridgehead atoms. The molecule has 1 atom stereocenters. The van der Waals surface area contributed by atoms with Crippen LogP contribution in [0.1, 0.15) is 69.6 Å². The van der Waals surface area contributed by atoms with Crippen molar-refractivity contribution >= 4 is 60.8 Å². The number of carbonyl (C=O) groups is 4. The lowest BCUT2D eigenvalue weighted by molar-refractivity contribution is -0.137. The van der Waals surface area contributed by atoms with E-state index < -0.39 is 28.3 Å². The number of rotatable bonds is 20. The van der Waals surface area contributed by atoms with Gasteiger partial charge < -0.3 is 30.0 Å². The van der Waals surface area contributed by atoms with Crippen molar-refractivity contribution in [3.63, 3.8) is 0 Å². The summed E-state index contributed by atoms with van der Waals surface area (Å²) in [4.78, 5) is 52.2. The van der Waals surface area contributed by atoms with Crippen molar-refractivity contribution in [2.45, 2.75) is 68.8 Å². The monoisotopic (exact) mass is 758 g/mol. The van der Waals surface area contributed by atoms with Gasteiger partial charge in [-0.15, -0.1) is 6.42 Å². The number of carboxylic acid groups (broad SMARTS) is 1. The van der Waals surface area contributed by atoms with Crippen LogP contribution in [0.25, 0.3) is 10.9 Å². The van der Waals surface area contributed by atoms with Crippen molar-refractivity contribution in [3.8, 4) is 18.1 Å². The maximum atomic E-state index is 12.9. The van der Waals surface area contributed by atoms with Crippen LogP contribution in [0.3, 0.4) is 0 Å². The molecule has 1 heterocycles. The van der Waals surface area contributed by atoms with E-state index in [4.69, 9.17) is 20.4 Å². The predicted octanol–water partition coefficient (Wildman–Crippen LogP) is 4.99. The summed E-state index contributed by atoms with van der Waals surface area (Å²) in [5, 5.41) is 17.5. The highest BCUT2D eigenvalue weighted by molar-refractivity contribution is 9.10. The summed E-state index contributed by atoms with van der Waals surface area (Å²) in [6, 6.07) is 14.3. The Morgan fingerprint density at radius 3 is 2.24 bits per heavy atom. The van der Waals surface area contributed by atoms with E-state index in [0.29, 0.717) is 61.7 Å². The molecule has 0 radical (unpaired) electrons. The number of hydrogen-bond acceptors (Lipinski definition) is 9. The summed E-state index contributed by atoms with van der Waals surface area (Å²) in [6.07, 6.45) is 6.87. The third kappa shape index (κ3) is 13.4. The van der Waals surface area contributed by atoms with Gasteiger partial charge in [-0.3, -0.25) is 14.4 Å². The van der Waals surface area contributed by atoms with Crippen LogP contribution < -0.4 is 20.1 Å². The highest BCUT2D eigenvalue weighted by atomic mass is 79.9. The molecule has 3 amide bonds. The number of ether oxygens (including phenoxy) is 1. The molecular weight excluding hydrogens is 720 g/mol. The van der Waals surface area contributed by atoms with Gasteiger partial charge in [0, 0.05) is 44.2 Å². The van der Waals surface area contributed by atoms with E-state index >= 15 is 0 Å². The summed E-state index contributed by atoms with van der Waals surface area (Å²) < 4.78 is 37.2. The van der Waals surface area contributed by atoms with Gasteiger partial charge in [0.15, 0.2) is 5.75 Å². The SMILES string of the molecule is C#CCNC(=O)CCCCCNC(=O)OC(CCNC(=O)CCCCC(=O)O)c1ccc2ccc(OS(=O)(=O)c3ccccc3)c(Br)c2n1. The van der Waals surface area contributed by atoms with Gasteiger partial charge in [-0.25, -0.2) is 9.78 Å². The number of halogens is 1. The second-order valence-corrected chi connectivity index (χ2v) is 13.2. The average molecular weight is 760 g/mol. The molecule has 13 nitrogen and oxygen atoms in total. The van der Waals surface area contributed by atoms with Gasteiger partial charge in [0.2, 0.25) is 11.8 Å². The third-order valence-electron chi connectivity index (χ3n) is 7.11. The molecule has 3 rings (SSSR count). The molecule has 0 aliphatic carbocycles. The average Bonchev–Trinajstić information content (AvgIpc) is 3.08. The number of nitrogens with one attached hydrogen (secondary N) is 3. The number of nitrogens with zero attached hydrogens (tertiary/aromatic N) is 1. The summed E-state index contributed by atoms with van der Waals surface area (Å²) in [6.45, 7) is 0.618. The van der Waals surface area contributed by atoms with Crippen molar-refractivity contribution in [2.24, 2.45) is 0 Å². The lowest BCUT2D eigenvalue weighted by Crippen LogP contribution is -2.30. The fourth-order valence-electron chi connectivity index (χ4n) is 4.59. The molecule has 1 unspecified atom stereocenters. The van der Waals surface area contributed by atoms with E-state index in [1.54, 1.807) is 36.4 Å². The van der Waals surface area contributed by atoms with E-state index in [1.165, 1.54) is 18.2 Å². The normalized spacial score (nSPS) is 11.6. The molecule has 15 heteroatoms. The first-order valence-electron chi connectivity index (χ1n) is 15.7. The Morgan fingerprint density at radius 2 is 1.53 bits per heavy atom. The van der Waals surface area contributed by atoms with Crippen molar-refractivity contribution in [1.82, 2.24) is 20.9 Å². The van der Waals surface area contributed by atoms with Gasteiger partial charge in [-0.05, 0) is 71.9 Å². The first kappa shape index (κ1) is 38.8. The Hall–Kier alpha value is -4.68. The first-order valence-corrected chi connectivity index (χ1v) is 17.9. The smallest absolute Gasteiger partial charge is 0.407 e. The van der Waals surface area contributed by atoms with Crippen LogP contribution in [0.4, 0.5) is 4.79 Å². The number of fused-ring (bicyclic) bond motifs is 1. The van der Waals surface area contributed by atoms with Gasteiger partial charge in [-0.1, -0.05) is 36.6 Å². The van der Waals surface area contributed by atoms with Crippen LogP contribution in [0.2, 0.25) is 0 Å². The fourth-order valence-corrected chi connectivity index (χ4v) is 6.19. The number of pyridine rings is 1. The standard InChI is InChI=1S/C34H39BrN4O9S/c1-2-21-36-29(40)13-7-4-10-22-38-34(44)47-27(20-23-37-30(41)14-8-9-15-31(42)43)26-18-16-24-17-19-28(32(35)33(24)39-26)48-49(45,46)25-11-5-3-6-12-25/h1,3,5-6,11-12,16-19,27H,4,7-10,13-15,20-23H2,(H,36,40)(H,37,41)(H,38,44)(H,42,43). The van der Waals surface area contributed by atoms with E-state index in [9.17, 15) is 27.6 Å². The van der Waals surface area contributed by atoms with Crippen LogP contribution in [0, 0.1) is 12.3 Å². The largest absolute Gasteiger partial charge is 0.481 e. The molecule has 4 N–H and O–H groups in total. The quantitative estimate of drug-likeness (QED) is 0.0694. The van der Waals surface area contributed by atoms with Crippen molar-refractivity contribution in [2.75, 3.05) is 19.6 Å². The molecule has 0 spiro atoms. The number of carbonyl (C=O) groups excluding carboxylic acids is 3. The number of alkyl carbamates (subject to hydrolysis) is 1. The number of benzene rings is 2. The zero-order valence-electron chi connectivity index (χ0n) is 26.8. The number of aliphatic carboxylic acids is 1. The highest BCUT2D eigenvalue weighted by Gasteiger charge is 2.22. The van der Waals surface area contributed by atoms with Crippen LogP contribution >= 0.6 is 15.9 Å². The molecule has 0 saturated carbocycles. The molecule has 49 heavy (non-hydrogen) atoms. The van der Waals surface area contributed by atoms with Gasteiger partial charge in [-0.2, -0.15) is 8.42 Å². The maximum absolute atomic E-state index is 12.9. The molecule has 1 aromatic heterocycles. The van der Waals surface area contributed by atoms with Gasteiger partial charge >= 0.3 is 22.2 Å². The molecule has 2 aromatic carbocycles. The molecule has 0 saturated heterocycles. The number of aromatic nitrogens is 1. The second-order valence-electron chi connectivity index (χ2n) is 10.9. The number of unbranched alkanes of at least 4 members (excludes halogenated alkanes) is 3. The number of carboxylic acids is 1. The molecule has 262 valence electrons. The number of terminal acetylenes is 1. The van der Waals surface area contributed by atoms with E-state index in [2.05, 4.69) is 42.8 Å². The minimum atomic E-state index is -4.13. The molecule has 0 fully saturated rings. The summed E-state index contributed by atoms with van der Waals surface area (Å²) in [5.74, 6) is 1.03. The Labute approximate surface area is 293 Å². The summed E-state index contributed by atoms with van der Waals surface area (Å²) in [7, 11) is -4.13. The second kappa shape index (κ2) is 20.0. The molecule has 3 aromatic rings. The Morgan fingerprint density at radius 1 is 0.857 bits per heavy atom. The van der Waals surface area contributed by atoms with Crippen molar-refractivity contribution in [1.29, 1.82) is 0 Å². The van der Waals surface area contributed by atoms with Gasteiger partial charge in [0.1, 0.15) is 11.0 Å². The zero-order valence-corrected chi connectivity index (χ0v) is 29.2. The fraction of sp³-hybridized carbons (Fsp3) is 0.382. The predicted molar refractivity (Wildman–Crippen MR) is 185 cm³/mol. The van der Waals surface area contributed by atoms with E-state index in [0.717, 1.165) is 0 Å². The Kier molecular flexibility index (Phi) is 15.8. The topological polar surface area (TPSA) is 190 Å². The van der Waals surface area contributed by atoms with Gasteiger partial charge in [0.25, 0.3) is 0 Å². The maximum Gasteiger partial charge on any atom is 0.407 e. The Balaban J connectivity index is 1.70. The third-order valence-corrected chi connectivity index (χ3v) is 9.12. The van der Waals surface area contributed by atoms with Crippen LogP contribution in [0.5, 0.6) is 5.75 Å². The molecule has 0 aliphatic heterocycles. The van der Waals surface area contributed by atoms with E-state index in [1.807, 2.05) is 0 Å². The van der Waals surface area contributed by atoms with Crippen molar-refractivity contribution < 1.29 is 41.6 Å². The van der Waals surface area contributed by atoms with E-state index in [-0.39, 0.29) is 59.3 Å². The number of hydrogen-bond donors (Lipinski definition) is 4. The van der Waals surface area contributed by atoms with Crippen LogP contribution in [-0.4, -0.2) is 62.0 Å². The van der Waals surface area contributed by atoms with Crippen molar-refractivity contribution in [3.05, 3.63) is 64.8 Å². The minimum absolute atomic E-state index is 0.0138. The Bertz CT molecular complexity index is 1750. The summed E-state index contributed by atoms with van der Waals surface area (Å²) in [5.41, 5.74) is 0.709. The number of amides is 3. The lowest BCUT2D eigenvalue weighted by atomic mass is 10.1. The zero-order chi connectivity index (χ0) is 35.6. The molecule has 0 aliphatic rings. The summed E-state index contributed by atoms with van der Waals surface area (Å²) >= 11 is 3.43. The molecular formula is C34H39BrN4O9S. The first-order chi connectivity index (χ1) is 23.5. The van der Waals surface area contributed by atoms with Crippen LogP contribution in [0.15, 0.2) is 64.0 Å². The highest BCUT2D eigenvalue weighted by Crippen LogP contribution is 2.35. The van der Waals surface area contributed by atoms with Crippen LogP contribution in [-0.2, 0) is 29.2 Å². The minimum Gasteiger partial charge on any atom is -0.481 e. The van der Waals surface area contributed by atoms with Gasteiger partial charge in [0.05, 0.1) is 22.2 Å². The lowest BCUT2D eigenvalue weighted by Gasteiger charge is -2.19.